The third-order valence-electron chi connectivity index (χ3n) is 7.22. The molecule has 3 rings (SSSR count). The van der Waals surface area contributed by atoms with Crippen molar-refractivity contribution in [3.05, 3.63) is 83.9 Å². The van der Waals surface area contributed by atoms with Crippen LogP contribution in [0.4, 0.5) is 4.79 Å². The first-order valence-corrected chi connectivity index (χ1v) is 15.4. The minimum absolute atomic E-state index is 0. The number of carbonyl (C=O) groups is 5. The lowest BCUT2D eigenvalue weighted by Crippen LogP contribution is -2.56. The molecular formula is C35H48N4O7. The van der Waals surface area contributed by atoms with Gasteiger partial charge in [0.2, 0.25) is 17.7 Å². The van der Waals surface area contributed by atoms with Crippen molar-refractivity contribution in [1.29, 1.82) is 0 Å². The SMILES string of the molecule is C.CCOC(=O)/C=C/[C@H](C[C@H]1CCNC1=O)NC(=O)[C@H](Cc1ccccc1)NC(=O)[C@H](CC(C)C)NC(=O)OCc1ccccc1. The molecule has 11 heteroatoms. The number of carbonyl (C=O) groups excluding carboxylic acids is 5. The van der Waals surface area contributed by atoms with Gasteiger partial charge in [-0.2, -0.15) is 0 Å². The Balaban J connectivity index is 0.00000736. The average molecular weight is 637 g/mol. The smallest absolute Gasteiger partial charge is 0.408 e. The highest BCUT2D eigenvalue weighted by molar-refractivity contribution is 5.92. The molecule has 0 aromatic heterocycles. The summed E-state index contributed by atoms with van der Waals surface area (Å²) in [5.41, 5.74) is 1.61. The molecule has 1 aliphatic heterocycles. The lowest BCUT2D eigenvalue weighted by atomic mass is 9.97. The fourth-order valence-electron chi connectivity index (χ4n) is 4.97. The fraction of sp³-hybridized carbons (Fsp3) is 0.457. The molecule has 1 saturated heterocycles. The van der Waals surface area contributed by atoms with Crippen molar-refractivity contribution in [2.24, 2.45) is 11.8 Å². The summed E-state index contributed by atoms with van der Waals surface area (Å²) in [4.78, 5) is 64.3. The number of benzene rings is 2. The Morgan fingerprint density at radius 1 is 0.891 bits per heavy atom. The van der Waals surface area contributed by atoms with Crippen LogP contribution in [0, 0.1) is 11.8 Å². The standard InChI is InChI=1S/C34H44N4O7.CH4/c1-4-44-30(39)16-15-27(21-26-17-18-35-31(26)40)36-32(41)29(20-24-11-7-5-8-12-24)37-33(42)28(19-23(2)3)38-34(43)45-22-25-13-9-6-10-14-25;/h5-16,23,26-29H,4,17-22H2,1-3H3,(H,35,40)(H,36,41)(H,37,42)(H,38,43);1H4/b16-15+;/t26-,27-,28+,29+;/m1./s1. The van der Waals surface area contributed by atoms with Gasteiger partial charge in [-0.05, 0) is 43.2 Å². The van der Waals surface area contributed by atoms with Gasteiger partial charge in [0.15, 0.2) is 0 Å². The topological polar surface area (TPSA) is 152 Å². The lowest BCUT2D eigenvalue weighted by Gasteiger charge is -2.26. The summed E-state index contributed by atoms with van der Waals surface area (Å²) in [5, 5.41) is 11.2. The molecule has 4 atom stereocenters. The predicted molar refractivity (Wildman–Crippen MR) is 175 cm³/mol. The number of hydrogen-bond acceptors (Lipinski definition) is 7. The highest BCUT2D eigenvalue weighted by Gasteiger charge is 2.31. The number of esters is 1. The maximum Gasteiger partial charge on any atom is 0.408 e. The average Bonchev–Trinajstić information content (AvgIpc) is 3.42. The van der Waals surface area contributed by atoms with Gasteiger partial charge in [0.05, 0.1) is 6.61 Å². The summed E-state index contributed by atoms with van der Waals surface area (Å²) in [7, 11) is 0. The lowest BCUT2D eigenvalue weighted by molar-refractivity contribution is -0.137. The summed E-state index contributed by atoms with van der Waals surface area (Å²) < 4.78 is 10.3. The monoisotopic (exact) mass is 636 g/mol. The van der Waals surface area contributed by atoms with Gasteiger partial charge in [0.25, 0.3) is 0 Å². The highest BCUT2D eigenvalue weighted by Crippen LogP contribution is 2.17. The number of hydrogen-bond donors (Lipinski definition) is 4. The van der Waals surface area contributed by atoms with Crippen molar-refractivity contribution in [3.63, 3.8) is 0 Å². The van der Waals surface area contributed by atoms with E-state index in [-0.39, 0.29) is 51.2 Å². The Morgan fingerprint density at radius 3 is 2.11 bits per heavy atom. The first-order valence-electron chi connectivity index (χ1n) is 15.4. The Morgan fingerprint density at radius 2 is 1.52 bits per heavy atom. The van der Waals surface area contributed by atoms with Gasteiger partial charge in [-0.1, -0.05) is 88.0 Å². The van der Waals surface area contributed by atoms with Crippen LogP contribution >= 0.6 is 0 Å². The molecule has 1 heterocycles. The van der Waals surface area contributed by atoms with E-state index in [1.165, 1.54) is 12.2 Å². The van der Waals surface area contributed by atoms with Crippen LogP contribution < -0.4 is 21.3 Å². The second-order valence-corrected chi connectivity index (χ2v) is 11.4. The van der Waals surface area contributed by atoms with Crippen LogP contribution in [0.3, 0.4) is 0 Å². The molecule has 4 N–H and O–H groups in total. The molecule has 250 valence electrons. The first kappa shape index (κ1) is 37.5. The molecule has 1 aliphatic rings. The van der Waals surface area contributed by atoms with Gasteiger partial charge in [-0.15, -0.1) is 0 Å². The van der Waals surface area contributed by atoms with Gasteiger partial charge < -0.3 is 30.7 Å². The Labute approximate surface area is 271 Å². The van der Waals surface area contributed by atoms with E-state index in [1.54, 1.807) is 6.92 Å². The van der Waals surface area contributed by atoms with E-state index in [1.807, 2.05) is 74.5 Å². The van der Waals surface area contributed by atoms with Gasteiger partial charge >= 0.3 is 12.1 Å². The maximum absolute atomic E-state index is 13.8. The largest absolute Gasteiger partial charge is 0.463 e. The molecule has 46 heavy (non-hydrogen) atoms. The quantitative estimate of drug-likeness (QED) is 0.162. The van der Waals surface area contributed by atoms with Crippen molar-refractivity contribution in [2.45, 2.75) is 78.6 Å². The molecule has 2 aromatic rings. The van der Waals surface area contributed by atoms with E-state index in [4.69, 9.17) is 9.47 Å². The molecule has 0 unspecified atom stereocenters. The first-order chi connectivity index (χ1) is 21.6. The summed E-state index contributed by atoms with van der Waals surface area (Å²) in [6.07, 6.45) is 3.35. The third-order valence-corrected chi connectivity index (χ3v) is 7.22. The highest BCUT2D eigenvalue weighted by atomic mass is 16.5. The van der Waals surface area contributed by atoms with Gasteiger partial charge in [0.1, 0.15) is 18.7 Å². The zero-order valence-corrected chi connectivity index (χ0v) is 26.1. The third kappa shape index (κ3) is 13.1. The minimum Gasteiger partial charge on any atom is -0.463 e. The second-order valence-electron chi connectivity index (χ2n) is 11.4. The van der Waals surface area contributed by atoms with E-state index in [9.17, 15) is 24.0 Å². The Bertz CT molecular complexity index is 1300. The van der Waals surface area contributed by atoms with Crippen LogP contribution in [0.2, 0.25) is 0 Å². The van der Waals surface area contributed by atoms with E-state index >= 15 is 0 Å². The van der Waals surface area contributed by atoms with Crippen molar-refractivity contribution >= 4 is 29.8 Å². The zero-order chi connectivity index (χ0) is 32.6. The van der Waals surface area contributed by atoms with Crippen LogP contribution in [0.5, 0.6) is 0 Å². The molecule has 1 fully saturated rings. The number of ether oxygens (including phenoxy) is 2. The van der Waals surface area contributed by atoms with E-state index in [2.05, 4.69) is 21.3 Å². The van der Waals surface area contributed by atoms with Gasteiger partial charge in [-0.25, -0.2) is 9.59 Å². The van der Waals surface area contributed by atoms with Crippen LogP contribution in [0.15, 0.2) is 72.8 Å². The molecule has 4 amide bonds. The van der Waals surface area contributed by atoms with Crippen molar-refractivity contribution in [2.75, 3.05) is 13.2 Å². The number of rotatable bonds is 16. The van der Waals surface area contributed by atoms with Crippen molar-refractivity contribution in [3.8, 4) is 0 Å². The summed E-state index contributed by atoms with van der Waals surface area (Å²) in [5.74, 6) is -2.01. The Hall–Kier alpha value is -4.67. The summed E-state index contributed by atoms with van der Waals surface area (Å²) in [6.45, 7) is 6.31. The molecule has 0 spiro atoms. The molecule has 2 aromatic carbocycles. The van der Waals surface area contributed by atoms with Crippen LogP contribution in [-0.4, -0.2) is 61.1 Å². The maximum atomic E-state index is 13.8. The number of amides is 4. The molecule has 0 aliphatic carbocycles. The molecule has 0 radical (unpaired) electrons. The normalized spacial score (nSPS) is 16.0. The fourth-order valence-corrected chi connectivity index (χ4v) is 4.97. The van der Waals surface area contributed by atoms with Crippen molar-refractivity contribution < 1.29 is 33.4 Å². The number of nitrogens with one attached hydrogen (secondary N) is 4. The van der Waals surface area contributed by atoms with E-state index in [0.29, 0.717) is 19.4 Å². The molecule has 0 saturated carbocycles. The predicted octanol–water partition coefficient (Wildman–Crippen LogP) is 3.82. The van der Waals surface area contributed by atoms with Crippen LogP contribution in [-0.2, 0) is 41.7 Å². The summed E-state index contributed by atoms with van der Waals surface area (Å²) in [6, 6.07) is 15.7. The van der Waals surface area contributed by atoms with E-state index in [0.717, 1.165) is 11.1 Å². The van der Waals surface area contributed by atoms with Crippen LogP contribution in [0.25, 0.3) is 0 Å². The molecular weight excluding hydrogens is 588 g/mol. The van der Waals surface area contributed by atoms with Gasteiger partial charge in [0, 0.05) is 31.0 Å². The Kier molecular flexibility index (Phi) is 16.0. The zero-order valence-electron chi connectivity index (χ0n) is 26.1. The molecule has 11 nitrogen and oxygen atoms in total. The molecule has 0 bridgehead atoms. The van der Waals surface area contributed by atoms with Crippen molar-refractivity contribution in [1.82, 2.24) is 21.3 Å². The van der Waals surface area contributed by atoms with Crippen LogP contribution in [0.1, 0.15) is 58.6 Å². The number of alkyl carbamates (subject to hydrolysis) is 1. The van der Waals surface area contributed by atoms with Gasteiger partial charge in [-0.3, -0.25) is 14.4 Å². The summed E-state index contributed by atoms with van der Waals surface area (Å²) >= 11 is 0. The second kappa shape index (κ2) is 19.7. The van der Waals surface area contributed by atoms with E-state index < -0.39 is 42.0 Å². The minimum atomic E-state index is -1.02.